The SMILES string of the molecule is COc1ccc(CS/C(=C/c2c(F)c(F)c(F)c(F)c2F)C(N)=O)cc1. The summed E-state index contributed by atoms with van der Waals surface area (Å²) in [5, 5.41) is 0. The summed E-state index contributed by atoms with van der Waals surface area (Å²) in [4.78, 5) is 11.1. The van der Waals surface area contributed by atoms with Crippen molar-refractivity contribution in [2.24, 2.45) is 5.73 Å². The summed E-state index contributed by atoms with van der Waals surface area (Å²) in [6.45, 7) is 0. The van der Waals surface area contributed by atoms with E-state index in [0.717, 1.165) is 17.3 Å². The van der Waals surface area contributed by atoms with Crippen molar-refractivity contribution in [3.05, 3.63) is 69.4 Å². The zero-order valence-electron chi connectivity index (χ0n) is 13.3. The lowest BCUT2D eigenvalue weighted by Gasteiger charge is -2.08. The van der Waals surface area contributed by atoms with Crippen molar-refractivity contribution in [1.29, 1.82) is 0 Å². The molecule has 1 amide bonds. The van der Waals surface area contributed by atoms with Gasteiger partial charge in [0.25, 0.3) is 5.91 Å². The molecule has 2 aromatic carbocycles. The van der Waals surface area contributed by atoms with Crippen LogP contribution in [0.1, 0.15) is 11.1 Å². The molecule has 0 radical (unpaired) electrons. The van der Waals surface area contributed by atoms with E-state index < -0.39 is 40.6 Å². The summed E-state index contributed by atoms with van der Waals surface area (Å²) in [6.07, 6.45) is 0.548. The molecule has 3 nitrogen and oxygen atoms in total. The summed E-state index contributed by atoms with van der Waals surface area (Å²) in [6, 6.07) is 6.69. The highest BCUT2D eigenvalue weighted by Crippen LogP contribution is 2.29. The van der Waals surface area contributed by atoms with Crippen LogP contribution in [0.2, 0.25) is 0 Å². The Morgan fingerprint density at radius 2 is 1.50 bits per heavy atom. The van der Waals surface area contributed by atoms with Crippen LogP contribution in [0.15, 0.2) is 29.2 Å². The van der Waals surface area contributed by atoms with Gasteiger partial charge >= 0.3 is 0 Å². The smallest absolute Gasteiger partial charge is 0.255 e. The molecule has 9 heteroatoms. The molecule has 0 aliphatic heterocycles. The minimum Gasteiger partial charge on any atom is -0.497 e. The second-order valence-corrected chi connectivity index (χ2v) is 6.01. The molecule has 26 heavy (non-hydrogen) atoms. The first-order chi connectivity index (χ1) is 12.3. The lowest BCUT2D eigenvalue weighted by atomic mass is 10.1. The van der Waals surface area contributed by atoms with Crippen molar-refractivity contribution >= 4 is 23.7 Å². The van der Waals surface area contributed by atoms with Gasteiger partial charge in [-0.25, -0.2) is 22.0 Å². The van der Waals surface area contributed by atoms with Gasteiger partial charge in [0.2, 0.25) is 5.82 Å². The van der Waals surface area contributed by atoms with Crippen molar-refractivity contribution in [3.8, 4) is 5.75 Å². The first kappa shape index (κ1) is 19.8. The molecule has 0 saturated carbocycles. The number of hydrogen-bond acceptors (Lipinski definition) is 3. The Kier molecular flexibility index (Phi) is 6.25. The molecular weight excluding hydrogens is 377 g/mol. The van der Waals surface area contributed by atoms with E-state index >= 15 is 0 Å². The van der Waals surface area contributed by atoms with Gasteiger partial charge in [0.1, 0.15) is 5.75 Å². The van der Waals surface area contributed by atoms with E-state index in [1.54, 1.807) is 24.3 Å². The predicted octanol–water partition coefficient (Wildman–Crippen LogP) is 4.15. The molecule has 138 valence electrons. The van der Waals surface area contributed by atoms with Crippen LogP contribution in [0.5, 0.6) is 5.75 Å². The first-order valence-electron chi connectivity index (χ1n) is 7.05. The van der Waals surface area contributed by atoms with E-state index in [1.807, 2.05) is 0 Å². The molecule has 0 saturated heterocycles. The molecule has 2 aromatic rings. The number of nitrogens with two attached hydrogens (primary N) is 1. The highest BCUT2D eigenvalue weighted by atomic mass is 32.2. The van der Waals surface area contributed by atoms with Crippen molar-refractivity contribution in [2.45, 2.75) is 5.75 Å². The maximum atomic E-state index is 13.7. The third-order valence-corrected chi connectivity index (χ3v) is 4.42. The normalized spacial score (nSPS) is 11.5. The van der Waals surface area contributed by atoms with Crippen molar-refractivity contribution in [3.63, 3.8) is 0 Å². The molecule has 0 unspecified atom stereocenters. The number of ether oxygens (including phenoxy) is 1. The number of benzene rings is 2. The second kappa shape index (κ2) is 8.22. The molecule has 2 N–H and O–H groups in total. The predicted molar refractivity (Wildman–Crippen MR) is 87.7 cm³/mol. The highest BCUT2D eigenvalue weighted by Gasteiger charge is 2.25. The molecule has 0 heterocycles. The van der Waals surface area contributed by atoms with Gasteiger partial charge in [0.15, 0.2) is 23.3 Å². The number of carbonyl (C=O) groups excluding carboxylic acids is 1. The van der Waals surface area contributed by atoms with Crippen LogP contribution in [0.25, 0.3) is 6.08 Å². The van der Waals surface area contributed by atoms with Crippen LogP contribution < -0.4 is 10.5 Å². The second-order valence-electron chi connectivity index (χ2n) is 4.99. The molecule has 0 atom stereocenters. The number of rotatable bonds is 6. The summed E-state index contributed by atoms with van der Waals surface area (Å²) in [7, 11) is 1.49. The monoisotopic (exact) mass is 389 g/mol. The zero-order chi connectivity index (χ0) is 19.4. The van der Waals surface area contributed by atoms with Crippen LogP contribution in [0.4, 0.5) is 22.0 Å². The number of methoxy groups -OCH3 is 1. The summed E-state index contributed by atoms with van der Waals surface area (Å²) < 4.78 is 72.0. The first-order valence-corrected chi connectivity index (χ1v) is 8.03. The maximum Gasteiger partial charge on any atom is 0.255 e. The van der Waals surface area contributed by atoms with Gasteiger partial charge in [-0.2, -0.15) is 0 Å². The molecule has 0 bridgehead atoms. The average molecular weight is 389 g/mol. The van der Waals surface area contributed by atoms with Gasteiger partial charge in [-0.3, -0.25) is 4.79 Å². The van der Waals surface area contributed by atoms with Crippen LogP contribution in [0.3, 0.4) is 0 Å². The number of carbonyl (C=O) groups is 1. The zero-order valence-corrected chi connectivity index (χ0v) is 14.1. The Morgan fingerprint density at radius 1 is 1.00 bits per heavy atom. The van der Waals surface area contributed by atoms with Crippen molar-refractivity contribution in [1.82, 2.24) is 0 Å². The van der Waals surface area contributed by atoms with Gasteiger partial charge in [-0.05, 0) is 23.8 Å². The van der Waals surface area contributed by atoms with E-state index in [2.05, 4.69) is 0 Å². The van der Waals surface area contributed by atoms with E-state index in [9.17, 15) is 26.7 Å². The van der Waals surface area contributed by atoms with Crippen molar-refractivity contribution < 1.29 is 31.5 Å². The maximum absolute atomic E-state index is 13.7. The number of primary amides is 1. The largest absolute Gasteiger partial charge is 0.497 e. The van der Waals surface area contributed by atoms with E-state index in [1.165, 1.54) is 7.11 Å². The number of halogens is 5. The van der Waals surface area contributed by atoms with Crippen LogP contribution in [0, 0.1) is 29.1 Å². The van der Waals surface area contributed by atoms with Gasteiger partial charge < -0.3 is 10.5 Å². The fraction of sp³-hybridized carbons (Fsp3) is 0.118. The van der Waals surface area contributed by atoms with E-state index in [4.69, 9.17) is 10.5 Å². The molecule has 2 rings (SSSR count). The lowest BCUT2D eigenvalue weighted by Crippen LogP contribution is -2.13. The van der Waals surface area contributed by atoms with E-state index in [0.29, 0.717) is 11.8 Å². The Labute approximate surface area is 149 Å². The number of thioether (sulfide) groups is 1. The van der Waals surface area contributed by atoms with Gasteiger partial charge in [0.05, 0.1) is 17.6 Å². The summed E-state index contributed by atoms with van der Waals surface area (Å²) in [5.41, 5.74) is 4.64. The Morgan fingerprint density at radius 3 is 1.96 bits per heavy atom. The highest BCUT2D eigenvalue weighted by molar-refractivity contribution is 8.03. The minimum atomic E-state index is -2.27. The van der Waals surface area contributed by atoms with Crippen molar-refractivity contribution in [2.75, 3.05) is 7.11 Å². The van der Waals surface area contributed by atoms with Crippen LogP contribution >= 0.6 is 11.8 Å². The third-order valence-electron chi connectivity index (χ3n) is 3.32. The Hall–Kier alpha value is -2.55. The molecule has 0 aliphatic rings. The molecule has 0 aromatic heterocycles. The molecule has 0 fully saturated rings. The van der Waals surface area contributed by atoms with Gasteiger partial charge in [-0.1, -0.05) is 12.1 Å². The van der Waals surface area contributed by atoms with Gasteiger partial charge in [-0.15, -0.1) is 11.8 Å². The van der Waals surface area contributed by atoms with Crippen LogP contribution in [-0.2, 0) is 10.5 Å². The van der Waals surface area contributed by atoms with Gasteiger partial charge in [0, 0.05) is 5.75 Å². The minimum absolute atomic E-state index is 0.175. The fourth-order valence-electron chi connectivity index (χ4n) is 1.95. The Bertz CT molecular complexity index is 839. The third kappa shape index (κ3) is 4.16. The number of amides is 1. The Balaban J connectivity index is 2.34. The quantitative estimate of drug-likeness (QED) is 0.350. The van der Waals surface area contributed by atoms with Crippen LogP contribution in [-0.4, -0.2) is 13.0 Å². The molecule has 0 spiro atoms. The average Bonchev–Trinajstić information content (AvgIpc) is 2.64. The topological polar surface area (TPSA) is 52.3 Å². The fourth-order valence-corrected chi connectivity index (χ4v) is 2.80. The van der Waals surface area contributed by atoms with E-state index in [-0.39, 0.29) is 10.7 Å². The lowest BCUT2D eigenvalue weighted by molar-refractivity contribution is -0.113. The molecular formula is C17H12F5NO2S. The summed E-state index contributed by atoms with van der Waals surface area (Å²) in [5.74, 6) is -10.8. The summed E-state index contributed by atoms with van der Waals surface area (Å²) >= 11 is 0.798. The number of hydrogen-bond donors (Lipinski definition) is 1. The standard InChI is InChI=1S/C17H12F5NO2S/c1-25-9-4-2-8(3-5-9)7-26-11(17(23)24)6-10-12(18)14(20)16(22)15(21)13(10)19/h2-6H,7H2,1H3,(H2,23,24)/b11-6+. The molecule has 0 aliphatic carbocycles.